The lowest BCUT2D eigenvalue weighted by Gasteiger charge is -2.14. The first-order valence-electron chi connectivity index (χ1n) is 3.64. The predicted octanol–water partition coefficient (Wildman–Crippen LogP) is 1.96. The van der Waals surface area contributed by atoms with Crippen LogP contribution in [0.25, 0.3) is 0 Å². The summed E-state index contributed by atoms with van der Waals surface area (Å²) in [5.41, 5.74) is 0.889. The SMILES string of the molecule is CC(=O)N(C)c1ccc(S)cc1. The fraction of sp³-hybridized carbons (Fsp3) is 0.222. The Balaban J connectivity index is 2.89. The van der Waals surface area contributed by atoms with Gasteiger partial charge in [0.1, 0.15) is 0 Å². The third kappa shape index (κ3) is 2.01. The molecule has 1 aromatic rings. The zero-order chi connectivity index (χ0) is 9.14. The highest BCUT2D eigenvalue weighted by atomic mass is 32.1. The molecule has 0 aliphatic heterocycles. The monoisotopic (exact) mass is 181 g/mol. The number of amides is 1. The van der Waals surface area contributed by atoms with Gasteiger partial charge in [-0.25, -0.2) is 0 Å². The van der Waals surface area contributed by atoms with E-state index >= 15 is 0 Å². The number of carbonyl (C=O) groups excluding carboxylic acids is 1. The van der Waals surface area contributed by atoms with Gasteiger partial charge in [0.25, 0.3) is 0 Å². The van der Waals surface area contributed by atoms with Crippen molar-refractivity contribution in [3.8, 4) is 0 Å². The van der Waals surface area contributed by atoms with Gasteiger partial charge < -0.3 is 4.90 Å². The molecule has 0 fully saturated rings. The molecule has 1 amide bonds. The van der Waals surface area contributed by atoms with E-state index in [-0.39, 0.29) is 5.91 Å². The minimum Gasteiger partial charge on any atom is -0.316 e. The molecule has 0 saturated carbocycles. The van der Waals surface area contributed by atoms with Gasteiger partial charge in [0, 0.05) is 24.6 Å². The van der Waals surface area contributed by atoms with Crippen LogP contribution in [-0.2, 0) is 4.79 Å². The maximum absolute atomic E-state index is 10.9. The van der Waals surface area contributed by atoms with Crippen LogP contribution in [0.15, 0.2) is 29.2 Å². The summed E-state index contributed by atoms with van der Waals surface area (Å²) in [6.45, 7) is 1.54. The van der Waals surface area contributed by atoms with Crippen LogP contribution >= 0.6 is 12.6 Å². The molecule has 0 spiro atoms. The second kappa shape index (κ2) is 3.63. The normalized spacial score (nSPS) is 9.58. The third-order valence-electron chi connectivity index (χ3n) is 1.71. The molecule has 0 radical (unpaired) electrons. The minimum absolute atomic E-state index is 0.0296. The molecule has 0 atom stereocenters. The first-order chi connectivity index (χ1) is 5.61. The summed E-state index contributed by atoms with van der Waals surface area (Å²) in [7, 11) is 1.75. The van der Waals surface area contributed by atoms with Crippen molar-refractivity contribution in [1.82, 2.24) is 0 Å². The van der Waals surface area contributed by atoms with E-state index in [2.05, 4.69) is 12.6 Å². The van der Waals surface area contributed by atoms with Crippen molar-refractivity contribution in [2.75, 3.05) is 11.9 Å². The maximum atomic E-state index is 10.9. The quantitative estimate of drug-likeness (QED) is 0.657. The molecule has 0 N–H and O–H groups in total. The highest BCUT2D eigenvalue weighted by Crippen LogP contribution is 2.15. The molecule has 0 aliphatic carbocycles. The summed E-state index contributed by atoms with van der Waals surface area (Å²) >= 11 is 4.15. The van der Waals surface area contributed by atoms with E-state index in [1.54, 1.807) is 11.9 Å². The van der Waals surface area contributed by atoms with Crippen LogP contribution in [-0.4, -0.2) is 13.0 Å². The van der Waals surface area contributed by atoms with Gasteiger partial charge in [-0.05, 0) is 24.3 Å². The topological polar surface area (TPSA) is 20.3 Å². The fourth-order valence-corrected chi connectivity index (χ4v) is 1.01. The van der Waals surface area contributed by atoms with Crippen molar-refractivity contribution in [1.29, 1.82) is 0 Å². The van der Waals surface area contributed by atoms with E-state index in [0.717, 1.165) is 10.6 Å². The Bertz CT molecular complexity index is 281. The Morgan fingerprint density at radius 2 is 1.83 bits per heavy atom. The van der Waals surface area contributed by atoms with E-state index in [1.165, 1.54) is 6.92 Å². The molecular weight excluding hydrogens is 170 g/mol. The van der Waals surface area contributed by atoms with Crippen LogP contribution in [0.2, 0.25) is 0 Å². The molecule has 64 valence electrons. The Morgan fingerprint density at radius 3 is 2.25 bits per heavy atom. The number of thiol groups is 1. The number of benzene rings is 1. The van der Waals surface area contributed by atoms with Gasteiger partial charge in [-0.15, -0.1) is 12.6 Å². The first kappa shape index (κ1) is 9.13. The van der Waals surface area contributed by atoms with Crippen LogP contribution in [0.4, 0.5) is 5.69 Å². The van der Waals surface area contributed by atoms with E-state index in [9.17, 15) is 4.79 Å². The second-order valence-corrected chi connectivity index (χ2v) is 3.11. The van der Waals surface area contributed by atoms with Gasteiger partial charge >= 0.3 is 0 Å². The smallest absolute Gasteiger partial charge is 0.223 e. The van der Waals surface area contributed by atoms with Crippen molar-refractivity contribution in [3.05, 3.63) is 24.3 Å². The van der Waals surface area contributed by atoms with E-state index < -0.39 is 0 Å². The Hall–Kier alpha value is -0.960. The van der Waals surface area contributed by atoms with Gasteiger partial charge in [0.15, 0.2) is 0 Å². The van der Waals surface area contributed by atoms with Gasteiger partial charge in [0.2, 0.25) is 5.91 Å². The zero-order valence-electron chi connectivity index (χ0n) is 7.11. The van der Waals surface area contributed by atoms with E-state index in [1.807, 2.05) is 24.3 Å². The minimum atomic E-state index is 0.0296. The van der Waals surface area contributed by atoms with Gasteiger partial charge in [-0.3, -0.25) is 4.79 Å². The van der Waals surface area contributed by atoms with Crippen molar-refractivity contribution in [2.45, 2.75) is 11.8 Å². The highest BCUT2D eigenvalue weighted by Gasteiger charge is 2.03. The predicted molar refractivity (Wildman–Crippen MR) is 52.8 cm³/mol. The molecule has 2 nitrogen and oxygen atoms in total. The van der Waals surface area contributed by atoms with Crippen molar-refractivity contribution in [2.24, 2.45) is 0 Å². The maximum Gasteiger partial charge on any atom is 0.223 e. The lowest BCUT2D eigenvalue weighted by atomic mass is 10.3. The molecule has 0 heterocycles. The molecule has 1 rings (SSSR count). The summed E-state index contributed by atoms with van der Waals surface area (Å²) in [6, 6.07) is 7.45. The fourth-order valence-electron chi connectivity index (χ4n) is 0.858. The van der Waals surface area contributed by atoms with Crippen molar-refractivity contribution in [3.63, 3.8) is 0 Å². The van der Waals surface area contributed by atoms with E-state index in [0.29, 0.717) is 0 Å². The average Bonchev–Trinajstić information content (AvgIpc) is 2.04. The Labute approximate surface area is 77.6 Å². The molecular formula is C9H11NOS. The standard InChI is InChI=1S/C9H11NOS/c1-7(11)10(2)8-3-5-9(12)6-4-8/h3-6,12H,1-2H3. The van der Waals surface area contributed by atoms with Gasteiger partial charge in [0.05, 0.1) is 0 Å². The summed E-state index contributed by atoms with van der Waals surface area (Å²) in [5.74, 6) is 0.0296. The third-order valence-corrected chi connectivity index (χ3v) is 2.01. The largest absolute Gasteiger partial charge is 0.316 e. The zero-order valence-corrected chi connectivity index (χ0v) is 8.01. The summed E-state index contributed by atoms with van der Waals surface area (Å²) in [4.78, 5) is 13.4. The molecule has 0 saturated heterocycles. The molecule has 1 aromatic carbocycles. The first-order valence-corrected chi connectivity index (χ1v) is 4.09. The number of hydrogen-bond donors (Lipinski definition) is 1. The summed E-state index contributed by atoms with van der Waals surface area (Å²) in [5, 5.41) is 0. The van der Waals surface area contributed by atoms with Crippen molar-refractivity contribution >= 4 is 24.2 Å². The number of hydrogen-bond acceptors (Lipinski definition) is 2. The van der Waals surface area contributed by atoms with Crippen molar-refractivity contribution < 1.29 is 4.79 Å². The van der Waals surface area contributed by atoms with E-state index in [4.69, 9.17) is 0 Å². The molecule has 3 heteroatoms. The average molecular weight is 181 g/mol. The molecule has 12 heavy (non-hydrogen) atoms. The lowest BCUT2D eigenvalue weighted by molar-refractivity contribution is -0.116. The number of nitrogens with zero attached hydrogens (tertiary/aromatic N) is 1. The van der Waals surface area contributed by atoms with Crippen LogP contribution < -0.4 is 4.90 Å². The lowest BCUT2D eigenvalue weighted by Crippen LogP contribution is -2.22. The molecule has 0 unspecified atom stereocenters. The number of rotatable bonds is 1. The number of carbonyl (C=O) groups is 1. The molecule has 0 aliphatic rings. The molecule has 0 bridgehead atoms. The summed E-state index contributed by atoms with van der Waals surface area (Å²) < 4.78 is 0. The highest BCUT2D eigenvalue weighted by molar-refractivity contribution is 7.80. The van der Waals surface area contributed by atoms with Crippen LogP contribution in [0, 0.1) is 0 Å². The van der Waals surface area contributed by atoms with Crippen LogP contribution in [0.5, 0.6) is 0 Å². The van der Waals surface area contributed by atoms with Gasteiger partial charge in [-0.2, -0.15) is 0 Å². The Morgan fingerprint density at radius 1 is 1.33 bits per heavy atom. The van der Waals surface area contributed by atoms with Crippen LogP contribution in [0.1, 0.15) is 6.92 Å². The molecule has 0 aromatic heterocycles. The van der Waals surface area contributed by atoms with Crippen LogP contribution in [0.3, 0.4) is 0 Å². The van der Waals surface area contributed by atoms with Gasteiger partial charge in [-0.1, -0.05) is 0 Å². The number of anilines is 1. The second-order valence-electron chi connectivity index (χ2n) is 2.59. The summed E-state index contributed by atoms with van der Waals surface area (Å²) in [6.07, 6.45) is 0. The Kier molecular flexibility index (Phi) is 2.76.